The molecule has 0 saturated heterocycles. The number of carbonyl (C=O) groups excluding carboxylic acids is 1. The number of oxime groups is 1. The van der Waals surface area contributed by atoms with Crippen LogP contribution in [0.25, 0.3) is 0 Å². The Balaban J connectivity index is 4.26. The highest BCUT2D eigenvalue weighted by atomic mass is 16.6. The molecule has 0 rings (SSSR count). The third-order valence-electron chi connectivity index (χ3n) is 1.87. The van der Waals surface area contributed by atoms with Crippen molar-refractivity contribution in [3.8, 4) is 0 Å². The quantitative estimate of drug-likeness (QED) is 0.331. The molecule has 0 aromatic rings. The highest BCUT2D eigenvalue weighted by Crippen LogP contribution is 2.10. The molecule has 0 aliphatic rings. The molecule has 0 aliphatic heterocycles. The second kappa shape index (κ2) is 5.58. The van der Waals surface area contributed by atoms with E-state index in [1.807, 2.05) is 0 Å². The summed E-state index contributed by atoms with van der Waals surface area (Å²) in [6, 6.07) is 0. The SMILES string of the molecule is CC(CN(C)C(=O)OC(C)(C)C)C(N)=NO. The monoisotopic (exact) mass is 231 g/mol. The normalized spacial score (nSPS) is 14.4. The van der Waals surface area contributed by atoms with Crippen molar-refractivity contribution in [2.24, 2.45) is 16.8 Å². The lowest BCUT2D eigenvalue weighted by Gasteiger charge is -2.26. The van der Waals surface area contributed by atoms with Crippen LogP contribution in [-0.2, 0) is 4.74 Å². The zero-order valence-corrected chi connectivity index (χ0v) is 10.5. The summed E-state index contributed by atoms with van der Waals surface area (Å²) in [6.07, 6.45) is -0.426. The van der Waals surface area contributed by atoms with Crippen molar-refractivity contribution in [1.29, 1.82) is 0 Å². The van der Waals surface area contributed by atoms with Gasteiger partial charge >= 0.3 is 6.09 Å². The molecule has 0 saturated carbocycles. The first-order chi connectivity index (χ1) is 7.17. The number of nitrogens with zero attached hydrogens (tertiary/aromatic N) is 2. The standard InChI is InChI=1S/C10H21N3O3/c1-7(8(11)12-15)6-13(5)9(14)16-10(2,3)4/h7,15H,6H2,1-5H3,(H2,11,12). The van der Waals surface area contributed by atoms with Crippen molar-refractivity contribution in [3.05, 3.63) is 0 Å². The van der Waals surface area contributed by atoms with Gasteiger partial charge in [0.25, 0.3) is 0 Å². The molecule has 6 heteroatoms. The smallest absolute Gasteiger partial charge is 0.410 e. The van der Waals surface area contributed by atoms with Crippen LogP contribution < -0.4 is 5.73 Å². The van der Waals surface area contributed by atoms with Crippen molar-refractivity contribution in [1.82, 2.24) is 4.90 Å². The summed E-state index contributed by atoms with van der Waals surface area (Å²) in [5.74, 6) is -0.127. The molecule has 0 aromatic carbocycles. The number of amidine groups is 1. The summed E-state index contributed by atoms with van der Waals surface area (Å²) < 4.78 is 5.16. The largest absolute Gasteiger partial charge is 0.444 e. The van der Waals surface area contributed by atoms with E-state index in [4.69, 9.17) is 15.7 Å². The fourth-order valence-corrected chi connectivity index (χ4v) is 1.02. The second-order valence-corrected chi connectivity index (χ2v) is 4.79. The van der Waals surface area contributed by atoms with E-state index in [0.29, 0.717) is 6.54 Å². The van der Waals surface area contributed by atoms with Crippen LogP contribution >= 0.6 is 0 Å². The molecule has 16 heavy (non-hydrogen) atoms. The van der Waals surface area contributed by atoms with E-state index in [1.165, 1.54) is 4.90 Å². The summed E-state index contributed by atoms with van der Waals surface area (Å²) >= 11 is 0. The zero-order valence-electron chi connectivity index (χ0n) is 10.5. The Labute approximate surface area is 96.0 Å². The summed E-state index contributed by atoms with van der Waals surface area (Å²) in [6.45, 7) is 7.49. The van der Waals surface area contributed by atoms with Gasteiger partial charge in [0, 0.05) is 19.5 Å². The average Bonchev–Trinajstić information content (AvgIpc) is 2.13. The Kier molecular flexibility index (Phi) is 5.07. The van der Waals surface area contributed by atoms with E-state index >= 15 is 0 Å². The number of carbonyl (C=O) groups is 1. The minimum absolute atomic E-state index is 0.0930. The van der Waals surface area contributed by atoms with Gasteiger partial charge in [-0.2, -0.15) is 0 Å². The van der Waals surface area contributed by atoms with Crippen molar-refractivity contribution in [3.63, 3.8) is 0 Å². The highest BCUT2D eigenvalue weighted by Gasteiger charge is 2.21. The van der Waals surface area contributed by atoms with Crippen molar-refractivity contribution in [2.45, 2.75) is 33.3 Å². The number of rotatable bonds is 3. The van der Waals surface area contributed by atoms with Crippen LogP contribution in [0.3, 0.4) is 0 Å². The van der Waals surface area contributed by atoms with Crippen LogP contribution in [-0.4, -0.2) is 41.2 Å². The highest BCUT2D eigenvalue weighted by molar-refractivity contribution is 5.82. The summed E-state index contributed by atoms with van der Waals surface area (Å²) in [4.78, 5) is 13.0. The van der Waals surface area contributed by atoms with Gasteiger partial charge in [0.2, 0.25) is 0 Å². The van der Waals surface area contributed by atoms with Crippen molar-refractivity contribution in [2.75, 3.05) is 13.6 Å². The topological polar surface area (TPSA) is 88.2 Å². The van der Waals surface area contributed by atoms with Crippen LogP contribution in [0, 0.1) is 5.92 Å². The van der Waals surface area contributed by atoms with E-state index in [2.05, 4.69) is 5.16 Å². The Morgan fingerprint density at radius 3 is 2.44 bits per heavy atom. The number of nitrogens with two attached hydrogens (primary N) is 1. The lowest BCUT2D eigenvalue weighted by Crippen LogP contribution is -2.39. The Hall–Kier alpha value is -1.46. The molecular formula is C10H21N3O3. The maximum absolute atomic E-state index is 11.6. The first kappa shape index (κ1) is 14.5. The third kappa shape index (κ3) is 5.43. The van der Waals surface area contributed by atoms with Gasteiger partial charge in [0.1, 0.15) is 11.4 Å². The lowest BCUT2D eigenvalue weighted by atomic mass is 10.1. The number of ether oxygens (including phenoxy) is 1. The summed E-state index contributed by atoms with van der Waals surface area (Å²) in [5, 5.41) is 11.4. The molecule has 1 unspecified atom stereocenters. The molecule has 94 valence electrons. The van der Waals surface area contributed by atoms with Crippen molar-refractivity contribution >= 4 is 11.9 Å². The van der Waals surface area contributed by atoms with Gasteiger partial charge < -0.3 is 20.6 Å². The van der Waals surface area contributed by atoms with Crippen LogP contribution in [0.4, 0.5) is 4.79 Å². The predicted molar refractivity (Wildman–Crippen MR) is 61.4 cm³/mol. The van der Waals surface area contributed by atoms with Gasteiger partial charge in [-0.05, 0) is 20.8 Å². The van der Waals surface area contributed by atoms with Crippen LogP contribution in [0.15, 0.2) is 5.16 Å². The van der Waals surface area contributed by atoms with Gasteiger partial charge in [-0.1, -0.05) is 12.1 Å². The van der Waals surface area contributed by atoms with Crippen molar-refractivity contribution < 1.29 is 14.7 Å². The van der Waals surface area contributed by atoms with E-state index < -0.39 is 11.7 Å². The van der Waals surface area contributed by atoms with E-state index in [-0.39, 0.29) is 11.8 Å². The molecule has 0 heterocycles. The summed E-state index contributed by atoms with van der Waals surface area (Å²) in [7, 11) is 1.61. The van der Waals surface area contributed by atoms with Gasteiger partial charge in [-0.3, -0.25) is 0 Å². The van der Waals surface area contributed by atoms with Gasteiger partial charge in [0.05, 0.1) is 0 Å². The molecular weight excluding hydrogens is 210 g/mol. The first-order valence-corrected chi connectivity index (χ1v) is 5.09. The zero-order chi connectivity index (χ0) is 12.9. The van der Waals surface area contributed by atoms with Gasteiger partial charge in [-0.15, -0.1) is 0 Å². The fraction of sp³-hybridized carbons (Fsp3) is 0.800. The van der Waals surface area contributed by atoms with Gasteiger partial charge in [-0.25, -0.2) is 4.79 Å². The molecule has 0 aromatic heterocycles. The summed E-state index contributed by atoms with van der Waals surface area (Å²) in [5.41, 5.74) is 4.89. The van der Waals surface area contributed by atoms with Gasteiger partial charge in [0.15, 0.2) is 0 Å². The first-order valence-electron chi connectivity index (χ1n) is 5.09. The van der Waals surface area contributed by atoms with E-state index in [1.54, 1.807) is 34.7 Å². The fourth-order valence-electron chi connectivity index (χ4n) is 1.02. The van der Waals surface area contributed by atoms with E-state index in [0.717, 1.165) is 0 Å². The Bertz CT molecular complexity index is 271. The van der Waals surface area contributed by atoms with Crippen LogP contribution in [0.2, 0.25) is 0 Å². The lowest BCUT2D eigenvalue weighted by molar-refractivity contribution is 0.0288. The number of hydrogen-bond donors (Lipinski definition) is 2. The van der Waals surface area contributed by atoms with E-state index in [9.17, 15) is 4.79 Å². The molecule has 1 amide bonds. The predicted octanol–water partition coefficient (Wildman–Crippen LogP) is 1.24. The average molecular weight is 231 g/mol. The second-order valence-electron chi connectivity index (χ2n) is 4.79. The van der Waals surface area contributed by atoms with Crippen LogP contribution in [0.1, 0.15) is 27.7 Å². The maximum Gasteiger partial charge on any atom is 0.410 e. The molecule has 3 N–H and O–H groups in total. The minimum Gasteiger partial charge on any atom is -0.444 e. The number of amides is 1. The maximum atomic E-state index is 11.6. The molecule has 0 bridgehead atoms. The Morgan fingerprint density at radius 1 is 1.56 bits per heavy atom. The minimum atomic E-state index is -0.523. The molecule has 0 fully saturated rings. The molecule has 6 nitrogen and oxygen atoms in total. The molecule has 0 radical (unpaired) electrons. The Morgan fingerprint density at radius 2 is 2.06 bits per heavy atom. The number of hydrogen-bond acceptors (Lipinski definition) is 4. The molecule has 0 spiro atoms. The van der Waals surface area contributed by atoms with Crippen LogP contribution in [0.5, 0.6) is 0 Å². The molecule has 1 atom stereocenters. The third-order valence-corrected chi connectivity index (χ3v) is 1.87. The molecule has 0 aliphatic carbocycles.